The van der Waals surface area contributed by atoms with E-state index in [0.29, 0.717) is 34.5 Å². The Labute approximate surface area is 154 Å². The van der Waals surface area contributed by atoms with Crippen LogP contribution in [0, 0.1) is 0 Å². The fraction of sp³-hybridized carbons (Fsp3) is 0.235. The summed E-state index contributed by atoms with van der Waals surface area (Å²) in [5.41, 5.74) is 2.07. The summed E-state index contributed by atoms with van der Waals surface area (Å²) in [5, 5.41) is 8.69. The van der Waals surface area contributed by atoms with Gasteiger partial charge in [-0.05, 0) is 30.3 Å². The number of pyridine rings is 1. The van der Waals surface area contributed by atoms with E-state index < -0.39 is 0 Å². The van der Waals surface area contributed by atoms with Crippen LogP contribution in [0.15, 0.2) is 36.5 Å². The third-order valence-electron chi connectivity index (χ3n) is 4.35. The minimum absolute atomic E-state index is 0.0645. The van der Waals surface area contributed by atoms with Gasteiger partial charge in [0.2, 0.25) is 0 Å². The van der Waals surface area contributed by atoms with Crippen LogP contribution in [0.2, 0.25) is 10.0 Å². The average Bonchev–Trinajstić information content (AvgIpc) is 3.11. The van der Waals surface area contributed by atoms with Gasteiger partial charge in [-0.3, -0.25) is 9.89 Å². The number of aromatic nitrogens is 3. The fourth-order valence-corrected chi connectivity index (χ4v) is 3.25. The van der Waals surface area contributed by atoms with Gasteiger partial charge in [0, 0.05) is 37.3 Å². The summed E-state index contributed by atoms with van der Waals surface area (Å²) < 4.78 is 0. The van der Waals surface area contributed by atoms with Crippen LogP contribution >= 0.6 is 23.2 Å². The SMILES string of the molecule is O=C(c1ccc2cn[nH]c2n1)N1CCN(c2ccc(Cl)c(Cl)c2)CC1. The van der Waals surface area contributed by atoms with E-state index in [1.807, 2.05) is 23.1 Å². The number of carbonyl (C=O) groups excluding carboxylic acids is 1. The minimum Gasteiger partial charge on any atom is -0.368 e. The number of nitrogens with zero attached hydrogens (tertiary/aromatic N) is 4. The molecule has 4 rings (SSSR count). The molecule has 1 N–H and O–H groups in total. The Morgan fingerprint density at radius 2 is 1.84 bits per heavy atom. The zero-order chi connectivity index (χ0) is 17.4. The average molecular weight is 376 g/mol. The number of benzene rings is 1. The zero-order valence-corrected chi connectivity index (χ0v) is 14.8. The highest BCUT2D eigenvalue weighted by atomic mass is 35.5. The molecule has 1 aliphatic rings. The van der Waals surface area contributed by atoms with Gasteiger partial charge in [0.05, 0.1) is 16.2 Å². The highest BCUT2D eigenvalue weighted by Crippen LogP contribution is 2.27. The summed E-state index contributed by atoms with van der Waals surface area (Å²) in [4.78, 5) is 21.0. The predicted molar refractivity (Wildman–Crippen MR) is 98.5 cm³/mol. The molecule has 6 nitrogen and oxygen atoms in total. The summed E-state index contributed by atoms with van der Waals surface area (Å²) in [6.45, 7) is 2.72. The molecule has 1 fully saturated rings. The summed E-state index contributed by atoms with van der Waals surface area (Å²) >= 11 is 12.1. The van der Waals surface area contributed by atoms with E-state index >= 15 is 0 Å². The van der Waals surface area contributed by atoms with Crippen molar-refractivity contribution >= 4 is 45.8 Å². The van der Waals surface area contributed by atoms with Crippen LogP contribution < -0.4 is 4.90 Å². The van der Waals surface area contributed by atoms with Crippen molar-refractivity contribution < 1.29 is 4.79 Å². The number of fused-ring (bicyclic) bond motifs is 1. The number of piperazine rings is 1. The molecule has 2 aromatic heterocycles. The number of amides is 1. The molecule has 0 unspecified atom stereocenters. The van der Waals surface area contributed by atoms with Crippen LogP contribution in [0.25, 0.3) is 11.0 Å². The van der Waals surface area contributed by atoms with Crippen molar-refractivity contribution in [3.8, 4) is 0 Å². The van der Waals surface area contributed by atoms with Gasteiger partial charge in [-0.1, -0.05) is 23.2 Å². The lowest BCUT2D eigenvalue weighted by Gasteiger charge is -2.36. The molecule has 0 saturated carbocycles. The highest BCUT2D eigenvalue weighted by molar-refractivity contribution is 6.42. The van der Waals surface area contributed by atoms with Crippen molar-refractivity contribution in [3.05, 3.63) is 52.3 Å². The minimum atomic E-state index is -0.0645. The highest BCUT2D eigenvalue weighted by Gasteiger charge is 2.23. The second-order valence-electron chi connectivity index (χ2n) is 5.88. The maximum Gasteiger partial charge on any atom is 0.272 e. The molecule has 0 bridgehead atoms. The Morgan fingerprint density at radius 1 is 1.04 bits per heavy atom. The molecular weight excluding hydrogens is 361 g/mol. The number of hydrogen-bond donors (Lipinski definition) is 1. The maximum atomic E-state index is 12.7. The van der Waals surface area contributed by atoms with E-state index in [2.05, 4.69) is 20.1 Å². The number of nitrogens with one attached hydrogen (secondary N) is 1. The van der Waals surface area contributed by atoms with Crippen molar-refractivity contribution in [2.24, 2.45) is 0 Å². The van der Waals surface area contributed by atoms with Crippen LogP contribution in [0.1, 0.15) is 10.5 Å². The van der Waals surface area contributed by atoms with Gasteiger partial charge in [-0.15, -0.1) is 0 Å². The van der Waals surface area contributed by atoms with Gasteiger partial charge in [0.25, 0.3) is 5.91 Å². The van der Waals surface area contributed by atoms with Crippen LogP contribution in [0.4, 0.5) is 5.69 Å². The number of anilines is 1. The van der Waals surface area contributed by atoms with E-state index in [1.54, 1.807) is 18.3 Å². The summed E-state index contributed by atoms with van der Waals surface area (Å²) in [6, 6.07) is 9.19. The Hall–Kier alpha value is -2.31. The molecule has 0 radical (unpaired) electrons. The number of aromatic amines is 1. The monoisotopic (exact) mass is 375 g/mol. The second-order valence-corrected chi connectivity index (χ2v) is 6.70. The smallest absolute Gasteiger partial charge is 0.272 e. The van der Waals surface area contributed by atoms with Crippen LogP contribution in [-0.2, 0) is 0 Å². The molecule has 1 amide bonds. The Kier molecular flexibility index (Phi) is 4.23. The molecule has 128 valence electrons. The van der Waals surface area contributed by atoms with Crippen molar-refractivity contribution in [2.45, 2.75) is 0 Å². The number of H-pyrrole nitrogens is 1. The van der Waals surface area contributed by atoms with Gasteiger partial charge >= 0.3 is 0 Å². The van der Waals surface area contributed by atoms with Gasteiger partial charge in [0.15, 0.2) is 5.65 Å². The summed E-state index contributed by atoms with van der Waals surface area (Å²) in [5.74, 6) is -0.0645. The third kappa shape index (κ3) is 3.15. The number of halogens is 2. The normalized spacial score (nSPS) is 15.0. The predicted octanol–water partition coefficient (Wildman–Crippen LogP) is 3.23. The molecule has 25 heavy (non-hydrogen) atoms. The molecule has 1 aliphatic heterocycles. The Bertz CT molecular complexity index is 934. The van der Waals surface area contributed by atoms with E-state index in [-0.39, 0.29) is 5.91 Å². The number of hydrogen-bond acceptors (Lipinski definition) is 4. The number of rotatable bonds is 2. The first kappa shape index (κ1) is 16.2. The Morgan fingerprint density at radius 3 is 2.60 bits per heavy atom. The molecule has 0 aliphatic carbocycles. The van der Waals surface area contributed by atoms with Gasteiger partial charge in [0.1, 0.15) is 5.69 Å². The van der Waals surface area contributed by atoms with Crippen LogP contribution in [0.3, 0.4) is 0 Å². The zero-order valence-electron chi connectivity index (χ0n) is 13.2. The maximum absolute atomic E-state index is 12.7. The van der Waals surface area contributed by atoms with Crippen LogP contribution in [-0.4, -0.2) is 52.2 Å². The molecule has 8 heteroatoms. The molecule has 1 aromatic carbocycles. The quantitative estimate of drug-likeness (QED) is 0.746. The first-order chi connectivity index (χ1) is 12.1. The summed E-state index contributed by atoms with van der Waals surface area (Å²) in [7, 11) is 0. The lowest BCUT2D eigenvalue weighted by molar-refractivity contribution is 0.0741. The number of carbonyl (C=O) groups is 1. The first-order valence-electron chi connectivity index (χ1n) is 7.91. The van der Waals surface area contributed by atoms with Gasteiger partial charge in [-0.25, -0.2) is 4.98 Å². The molecule has 3 heterocycles. The van der Waals surface area contributed by atoms with Crippen molar-refractivity contribution in [1.82, 2.24) is 20.1 Å². The second kappa shape index (κ2) is 6.54. The van der Waals surface area contributed by atoms with E-state index in [9.17, 15) is 4.79 Å². The van der Waals surface area contributed by atoms with Crippen LogP contribution in [0.5, 0.6) is 0 Å². The van der Waals surface area contributed by atoms with E-state index in [4.69, 9.17) is 23.2 Å². The molecule has 0 atom stereocenters. The van der Waals surface area contributed by atoms with Gasteiger partial charge < -0.3 is 9.80 Å². The lowest BCUT2D eigenvalue weighted by atomic mass is 10.2. The standard InChI is InChI=1S/C17H15Cl2N5O/c18-13-3-2-12(9-14(13)19)23-5-7-24(8-6-23)17(25)15-4-1-11-10-20-22-16(11)21-15/h1-4,9-10H,5-8H2,(H,20,21,22). The largest absolute Gasteiger partial charge is 0.368 e. The molecular formula is C17H15Cl2N5O. The molecule has 0 spiro atoms. The topological polar surface area (TPSA) is 65.1 Å². The summed E-state index contributed by atoms with van der Waals surface area (Å²) in [6.07, 6.45) is 1.69. The lowest BCUT2D eigenvalue weighted by Crippen LogP contribution is -2.49. The fourth-order valence-electron chi connectivity index (χ4n) is 2.96. The molecule has 3 aromatic rings. The van der Waals surface area contributed by atoms with Gasteiger partial charge in [-0.2, -0.15) is 5.10 Å². The van der Waals surface area contributed by atoms with E-state index in [0.717, 1.165) is 24.2 Å². The third-order valence-corrected chi connectivity index (χ3v) is 5.09. The van der Waals surface area contributed by atoms with Crippen molar-refractivity contribution in [2.75, 3.05) is 31.1 Å². The van der Waals surface area contributed by atoms with E-state index in [1.165, 1.54) is 0 Å². The molecule has 1 saturated heterocycles. The van der Waals surface area contributed by atoms with Crippen molar-refractivity contribution in [1.29, 1.82) is 0 Å². The Balaban J connectivity index is 1.45. The van der Waals surface area contributed by atoms with Crippen molar-refractivity contribution in [3.63, 3.8) is 0 Å². The first-order valence-corrected chi connectivity index (χ1v) is 8.67.